The molecule has 0 aliphatic rings. The molecule has 12 heteroatoms. The number of rotatable bonds is 7. The van der Waals surface area contributed by atoms with E-state index in [1.807, 2.05) is 0 Å². The maximum absolute atomic E-state index is 11.6. The van der Waals surface area contributed by atoms with Crippen LogP contribution >= 0.6 is 0 Å². The Kier molecular flexibility index (Phi) is 5.21. The second-order valence-corrected chi connectivity index (χ2v) is 5.52. The Bertz CT molecular complexity index is 1030. The number of benzene rings is 1. The molecule has 3 rings (SSSR count). The minimum Gasteiger partial charge on any atom is -0.319 e. The summed E-state index contributed by atoms with van der Waals surface area (Å²) in [6.45, 7) is 1.80. The van der Waals surface area contributed by atoms with Crippen molar-refractivity contribution in [3.8, 4) is 0 Å². The van der Waals surface area contributed by atoms with Crippen molar-refractivity contribution in [2.24, 2.45) is 0 Å². The van der Waals surface area contributed by atoms with E-state index >= 15 is 0 Å². The predicted molar refractivity (Wildman–Crippen MR) is 101 cm³/mol. The van der Waals surface area contributed by atoms with Crippen molar-refractivity contribution in [3.63, 3.8) is 0 Å². The van der Waals surface area contributed by atoms with Crippen molar-refractivity contribution in [3.05, 3.63) is 74.7 Å². The van der Waals surface area contributed by atoms with Crippen LogP contribution in [-0.4, -0.2) is 24.8 Å². The molecule has 3 N–H and O–H groups in total. The van der Waals surface area contributed by atoms with Gasteiger partial charge in [-0.2, -0.15) is 0 Å². The molecule has 0 radical (unpaired) electrons. The summed E-state index contributed by atoms with van der Waals surface area (Å²) >= 11 is 0. The van der Waals surface area contributed by atoms with Crippen LogP contribution in [-0.2, 0) is 0 Å². The van der Waals surface area contributed by atoms with E-state index in [1.165, 1.54) is 24.3 Å². The Labute approximate surface area is 157 Å². The molecule has 3 aromatic rings. The molecule has 1 aromatic carbocycles. The number of nitro benzene ring substituents is 1. The van der Waals surface area contributed by atoms with Crippen LogP contribution in [0.4, 0.5) is 34.5 Å². The monoisotopic (exact) mass is 382 g/mol. The van der Waals surface area contributed by atoms with E-state index in [9.17, 15) is 20.2 Å². The number of hydrogen-bond acceptors (Lipinski definition) is 10. The molecular formula is C16H14N8O4. The Hall–Kier alpha value is -4.35. The van der Waals surface area contributed by atoms with Crippen LogP contribution < -0.4 is 16.2 Å². The molecule has 0 saturated carbocycles. The minimum atomic E-state index is -0.625. The van der Waals surface area contributed by atoms with Crippen molar-refractivity contribution in [1.29, 1.82) is 0 Å². The highest BCUT2D eigenvalue weighted by molar-refractivity contribution is 5.74. The van der Waals surface area contributed by atoms with Crippen molar-refractivity contribution in [2.75, 3.05) is 16.2 Å². The van der Waals surface area contributed by atoms with E-state index in [4.69, 9.17) is 0 Å². The van der Waals surface area contributed by atoms with Crippen LogP contribution in [0.1, 0.15) is 5.56 Å². The molecule has 12 nitrogen and oxygen atoms in total. The molecule has 28 heavy (non-hydrogen) atoms. The van der Waals surface area contributed by atoms with Gasteiger partial charge in [-0.1, -0.05) is 6.07 Å². The summed E-state index contributed by atoms with van der Waals surface area (Å²) in [6.07, 6.45) is 2.71. The number of nitrogens with zero attached hydrogens (tertiary/aromatic N) is 5. The Morgan fingerprint density at radius 3 is 2.21 bits per heavy atom. The van der Waals surface area contributed by atoms with E-state index in [2.05, 4.69) is 31.1 Å². The lowest BCUT2D eigenvalue weighted by Gasteiger charge is -2.12. The van der Waals surface area contributed by atoms with Crippen LogP contribution in [0.3, 0.4) is 0 Å². The lowest BCUT2D eigenvalue weighted by atomic mass is 10.3. The molecule has 2 heterocycles. The molecule has 0 spiro atoms. The highest BCUT2D eigenvalue weighted by Gasteiger charge is 2.23. The van der Waals surface area contributed by atoms with Crippen LogP contribution in [0.25, 0.3) is 0 Å². The zero-order valence-electron chi connectivity index (χ0n) is 14.5. The van der Waals surface area contributed by atoms with E-state index in [1.54, 1.807) is 25.3 Å². The van der Waals surface area contributed by atoms with Gasteiger partial charge in [0.15, 0.2) is 0 Å². The first-order valence-corrected chi connectivity index (χ1v) is 7.90. The summed E-state index contributed by atoms with van der Waals surface area (Å²) in [5.41, 5.74) is 6.12. The van der Waals surface area contributed by atoms with Gasteiger partial charge in [0.2, 0.25) is 11.6 Å². The summed E-state index contributed by atoms with van der Waals surface area (Å²) in [5, 5.41) is 25.1. The van der Waals surface area contributed by atoms with E-state index < -0.39 is 9.85 Å². The summed E-state index contributed by atoms with van der Waals surface area (Å²) in [7, 11) is 0. The summed E-state index contributed by atoms with van der Waals surface area (Å²) in [5.74, 6) is 0.308. The summed E-state index contributed by atoms with van der Waals surface area (Å²) in [6, 6.07) is 9.06. The number of anilines is 4. The second kappa shape index (κ2) is 7.90. The van der Waals surface area contributed by atoms with Gasteiger partial charge < -0.3 is 5.32 Å². The normalized spacial score (nSPS) is 10.2. The third kappa shape index (κ3) is 4.07. The molecule has 0 aliphatic heterocycles. The zero-order chi connectivity index (χ0) is 20.1. The molecule has 0 unspecified atom stereocenters. The molecule has 142 valence electrons. The number of aromatic nitrogens is 3. The van der Waals surface area contributed by atoms with Crippen LogP contribution in [0, 0.1) is 27.2 Å². The van der Waals surface area contributed by atoms with Crippen molar-refractivity contribution in [2.45, 2.75) is 6.92 Å². The van der Waals surface area contributed by atoms with Crippen LogP contribution in [0.2, 0.25) is 0 Å². The van der Waals surface area contributed by atoms with Crippen molar-refractivity contribution < 1.29 is 9.85 Å². The fraction of sp³-hybridized carbons (Fsp3) is 0.0625. The number of hydrogen-bond donors (Lipinski definition) is 3. The molecule has 0 aliphatic carbocycles. The summed E-state index contributed by atoms with van der Waals surface area (Å²) in [4.78, 5) is 33.1. The van der Waals surface area contributed by atoms with Gasteiger partial charge in [-0.25, -0.2) is 15.0 Å². The zero-order valence-corrected chi connectivity index (χ0v) is 14.5. The highest BCUT2D eigenvalue weighted by Crippen LogP contribution is 2.31. The van der Waals surface area contributed by atoms with E-state index in [0.29, 0.717) is 11.5 Å². The number of nitro groups is 2. The smallest absolute Gasteiger partial charge is 0.319 e. The standard InChI is InChI=1S/C16H14N8O4/c1-10-3-2-8-17-14(10)20-15-13(24(27)28)16(19-9-18-15)22-21-11-4-6-12(7-5-11)23(25)26/h2-9,21H,1H3,(H2,17,18,19,20,22). The fourth-order valence-electron chi connectivity index (χ4n) is 2.26. The number of pyridine rings is 1. The number of nitrogens with one attached hydrogen (secondary N) is 3. The first kappa shape index (κ1) is 18.4. The topological polar surface area (TPSA) is 161 Å². The van der Waals surface area contributed by atoms with Gasteiger partial charge in [0, 0.05) is 18.3 Å². The molecule has 0 amide bonds. The SMILES string of the molecule is Cc1cccnc1Nc1ncnc(NNc2ccc([N+](=O)[O-])cc2)c1[N+](=O)[O-]. The number of aryl methyl sites for hydroxylation is 1. The molecule has 0 bridgehead atoms. The third-order valence-corrected chi connectivity index (χ3v) is 3.65. The molecule has 0 atom stereocenters. The molecule has 0 fully saturated rings. The fourth-order valence-corrected chi connectivity index (χ4v) is 2.26. The molecular weight excluding hydrogens is 368 g/mol. The lowest BCUT2D eigenvalue weighted by molar-refractivity contribution is -0.384. The maximum Gasteiger partial charge on any atom is 0.355 e. The van der Waals surface area contributed by atoms with Gasteiger partial charge in [-0.3, -0.25) is 31.1 Å². The summed E-state index contributed by atoms with van der Waals surface area (Å²) < 4.78 is 0. The lowest BCUT2D eigenvalue weighted by Crippen LogP contribution is -2.13. The van der Waals surface area contributed by atoms with Gasteiger partial charge >= 0.3 is 5.69 Å². The first-order valence-electron chi connectivity index (χ1n) is 7.90. The maximum atomic E-state index is 11.6. The van der Waals surface area contributed by atoms with Gasteiger partial charge in [0.25, 0.3) is 5.69 Å². The average Bonchev–Trinajstić information content (AvgIpc) is 2.68. The Morgan fingerprint density at radius 2 is 1.57 bits per heavy atom. The van der Waals surface area contributed by atoms with E-state index in [-0.39, 0.29) is 23.0 Å². The first-order chi connectivity index (χ1) is 13.5. The average molecular weight is 382 g/mol. The molecule has 2 aromatic heterocycles. The minimum absolute atomic E-state index is 0.0326. The van der Waals surface area contributed by atoms with Crippen LogP contribution in [0.15, 0.2) is 48.9 Å². The Morgan fingerprint density at radius 1 is 0.857 bits per heavy atom. The van der Waals surface area contributed by atoms with Crippen molar-refractivity contribution >= 4 is 34.5 Å². The van der Waals surface area contributed by atoms with Crippen LogP contribution in [0.5, 0.6) is 0 Å². The highest BCUT2D eigenvalue weighted by atomic mass is 16.6. The Balaban J connectivity index is 1.84. The largest absolute Gasteiger partial charge is 0.355 e. The second-order valence-electron chi connectivity index (χ2n) is 5.52. The van der Waals surface area contributed by atoms with E-state index in [0.717, 1.165) is 11.9 Å². The number of non-ortho nitro benzene ring substituents is 1. The van der Waals surface area contributed by atoms with Gasteiger partial charge in [0.05, 0.1) is 15.5 Å². The van der Waals surface area contributed by atoms with Gasteiger partial charge in [-0.05, 0) is 30.7 Å². The van der Waals surface area contributed by atoms with Gasteiger partial charge in [-0.15, -0.1) is 0 Å². The quantitative estimate of drug-likeness (QED) is 0.409. The third-order valence-electron chi connectivity index (χ3n) is 3.65. The number of hydrazine groups is 1. The van der Waals surface area contributed by atoms with Gasteiger partial charge in [0.1, 0.15) is 12.1 Å². The molecule has 0 saturated heterocycles. The van der Waals surface area contributed by atoms with Crippen molar-refractivity contribution in [1.82, 2.24) is 15.0 Å². The predicted octanol–water partition coefficient (Wildman–Crippen LogP) is 3.18.